The number of carbonyl (C=O) groups excluding carboxylic acids is 1. The van der Waals surface area contributed by atoms with Crippen molar-refractivity contribution in [3.63, 3.8) is 0 Å². The quantitative estimate of drug-likeness (QED) is 0.693. The fourth-order valence-electron chi connectivity index (χ4n) is 2.80. The molecule has 0 saturated heterocycles. The summed E-state index contributed by atoms with van der Waals surface area (Å²) >= 11 is 0. The average molecular weight is 395 g/mol. The maximum Gasteiger partial charge on any atom is 0.269 e. The van der Waals surface area contributed by atoms with E-state index in [1.165, 1.54) is 12.4 Å². The lowest BCUT2D eigenvalue weighted by atomic mass is 10.1. The van der Waals surface area contributed by atoms with Crippen LogP contribution in [0.5, 0.6) is 0 Å². The van der Waals surface area contributed by atoms with E-state index in [1.54, 1.807) is 54.7 Å². The first kappa shape index (κ1) is 19.7. The summed E-state index contributed by atoms with van der Waals surface area (Å²) in [5, 5.41) is 1.73. The van der Waals surface area contributed by atoms with Gasteiger partial charge in [-0.1, -0.05) is 18.2 Å². The Kier molecular flexibility index (Phi) is 5.84. The van der Waals surface area contributed by atoms with Crippen LogP contribution < -0.4 is 5.32 Å². The molecule has 0 unspecified atom stereocenters. The molecule has 2 heterocycles. The van der Waals surface area contributed by atoms with Gasteiger partial charge >= 0.3 is 0 Å². The molecule has 3 aromatic rings. The number of nitrogens with zero attached hydrogens (tertiary/aromatic N) is 2. The summed E-state index contributed by atoms with van der Waals surface area (Å²) < 4.78 is 26.7. The SMILES string of the molecule is Cc1ccc(S(=O)(=O)[C@@H](CNC(=O)c2ccccn2)c2cccnc2)cc1C. The Labute approximate surface area is 164 Å². The molecule has 0 saturated carbocycles. The Morgan fingerprint density at radius 1 is 1.04 bits per heavy atom. The second kappa shape index (κ2) is 8.31. The largest absolute Gasteiger partial charge is 0.349 e. The highest BCUT2D eigenvalue weighted by Gasteiger charge is 2.30. The van der Waals surface area contributed by atoms with E-state index in [1.807, 2.05) is 13.8 Å². The maximum absolute atomic E-state index is 13.4. The van der Waals surface area contributed by atoms with Gasteiger partial charge in [0.25, 0.3) is 5.91 Å². The predicted octanol–water partition coefficient (Wildman–Crippen LogP) is 3.04. The van der Waals surface area contributed by atoms with Gasteiger partial charge in [0, 0.05) is 25.1 Å². The van der Waals surface area contributed by atoms with Gasteiger partial charge < -0.3 is 5.32 Å². The molecule has 0 spiro atoms. The van der Waals surface area contributed by atoms with E-state index in [4.69, 9.17) is 0 Å². The van der Waals surface area contributed by atoms with Crippen LogP contribution in [0.2, 0.25) is 0 Å². The number of hydrogen-bond acceptors (Lipinski definition) is 5. The zero-order valence-corrected chi connectivity index (χ0v) is 16.5. The molecule has 144 valence electrons. The summed E-state index contributed by atoms with van der Waals surface area (Å²) in [6.07, 6.45) is 4.60. The summed E-state index contributed by atoms with van der Waals surface area (Å²) in [6, 6.07) is 13.4. The summed E-state index contributed by atoms with van der Waals surface area (Å²) in [4.78, 5) is 20.6. The van der Waals surface area contributed by atoms with Crippen molar-refractivity contribution in [1.29, 1.82) is 0 Å². The molecular formula is C21H21N3O3S. The number of sulfone groups is 1. The zero-order chi connectivity index (χ0) is 20.1. The number of hydrogen-bond donors (Lipinski definition) is 1. The third kappa shape index (κ3) is 4.26. The van der Waals surface area contributed by atoms with Gasteiger partial charge in [0.15, 0.2) is 9.84 Å². The van der Waals surface area contributed by atoms with Crippen molar-refractivity contribution < 1.29 is 13.2 Å². The molecule has 3 rings (SSSR count). The summed E-state index contributed by atoms with van der Waals surface area (Å²) in [7, 11) is -3.75. The lowest BCUT2D eigenvalue weighted by molar-refractivity contribution is 0.0948. The van der Waals surface area contributed by atoms with Gasteiger partial charge in [0.1, 0.15) is 10.9 Å². The Bertz CT molecular complexity index is 1070. The number of aryl methyl sites for hydroxylation is 2. The highest BCUT2D eigenvalue weighted by Crippen LogP contribution is 2.29. The van der Waals surface area contributed by atoms with Gasteiger partial charge in [-0.05, 0) is 60.9 Å². The minimum Gasteiger partial charge on any atom is -0.349 e. The number of aromatic nitrogens is 2. The van der Waals surface area contributed by atoms with E-state index < -0.39 is 21.0 Å². The van der Waals surface area contributed by atoms with E-state index in [-0.39, 0.29) is 17.1 Å². The summed E-state index contributed by atoms with van der Waals surface area (Å²) in [5.41, 5.74) is 2.65. The van der Waals surface area contributed by atoms with Crippen molar-refractivity contribution in [2.24, 2.45) is 0 Å². The molecule has 1 atom stereocenters. The number of nitrogens with one attached hydrogen (secondary N) is 1. The monoisotopic (exact) mass is 395 g/mol. The fraction of sp³-hybridized carbons (Fsp3) is 0.190. The molecule has 7 heteroatoms. The lowest BCUT2D eigenvalue weighted by Gasteiger charge is -2.19. The van der Waals surface area contributed by atoms with Crippen LogP contribution in [-0.4, -0.2) is 30.8 Å². The molecule has 0 aliphatic carbocycles. The van der Waals surface area contributed by atoms with Crippen LogP contribution in [0.1, 0.15) is 32.4 Å². The lowest BCUT2D eigenvalue weighted by Crippen LogP contribution is -2.32. The molecular weight excluding hydrogens is 374 g/mol. The van der Waals surface area contributed by atoms with Crippen molar-refractivity contribution in [1.82, 2.24) is 15.3 Å². The van der Waals surface area contributed by atoms with E-state index >= 15 is 0 Å². The molecule has 0 fully saturated rings. The first-order valence-electron chi connectivity index (χ1n) is 8.80. The Morgan fingerprint density at radius 3 is 2.50 bits per heavy atom. The smallest absolute Gasteiger partial charge is 0.269 e. The Morgan fingerprint density at radius 2 is 1.86 bits per heavy atom. The van der Waals surface area contributed by atoms with E-state index in [0.717, 1.165) is 11.1 Å². The summed E-state index contributed by atoms with van der Waals surface area (Å²) in [6.45, 7) is 3.71. The topological polar surface area (TPSA) is 89.0 Å². The normalized spacial score (nSPS) is 12.4. The van der Waals surface area contributed by atoms with Crippen molar-refractivity contribution >= 4 is 15.7 Å². The third-order valence-corrected chi connectivity index (χ3v) is 6.68. The molecule has 0 bridgehead atoms. The molecule has 6 nitrogen and oxygen atoms in total. The van der Waals surface area contributed by atoms with E-state index in [0.29, 0.717) is 5.56 Å². The predicted molar refractivity (Wildman–Crippen MR) is 107 cm³/mol. The van der Waals surface area contributed by atoms with Crippen LogP contribution in [0.3, 0.4) is 0 Å². The first-order valence-corrected chi connectivity index (χ1v) is 10.3. The second-order valence-corrected chi connectivity index (χ2v) is 8.62. The fourth-order valence-corrected chi connectivity index (χ4v) is 4.53. The van der Waals surface area contributed by atoms with Crippen LogP contribution >= 0.6 is 0 Å². The van der Waals surface area contributed by atoms with Crippen LogP contribution in [0.25, 0.3) is 0 Å². The van der Waals surface area contributed by atoms with Gasteiger partial charge in [-0.2, -0.15) is 0 Å². The molecule has 0 radical (unpaired) electrons. The van der Waals surface area contributed by atoms with Crippen LogP contribution in [-0.2, 0) is 9.84 Å². The average Bonchev–Trinajstić information content (AvgIpc) is 2.71. The number of amides is 1. The molecule has 1 amide bonds. The third-order valence-electron chi connectivity index (χ3n) is 4.58. The van der Waals surface area contributed by atoms with Gasteiger partial charge in [-0.25, -0.2) is 8.42 Å². The minimum absolute atomic E-state index is 0.0869. The van der Waals surface area contributed by atoms with Crippen LogP contribution in [0, 0.1) is 13.8 Å². The zero-order valence-electron chi connectivity index (χ0n) is 15.7. The number of rotatable bonds is 6. The Hall–Kier alpha value is -3.06. The molecule has 1 N–H and O–H groups in total. The summed E-state index contributed by atoms with van der Waals surface area (Å²) in [5.74, 6) is -0.426. The molecule has 2 aromatic heterocycles. The first-order chi connectivity index (χ1) is 13.4. The highest BCUT2D eigenvalue weighted by molar-refractivity contribution is 7.91. The van der Waals surface area contributed by atoms with Crippen LogP contribution in [0.4, 0.5) is 0 Å². The molecule has 0 aliphatic rings. The van der Waals surface area contributed by atoms with Gasteiger partial charge in [0.05, 0.1) is 4.90 Å². The maximum atomic E-state index is 13.4. The highest BCUT2D eigenvalue weighted by atomic mass is 32.2. The standard InChI is InChI=1S/C21H21N3O3S/c1-15-8-9-18(12-16(15)2)28(26,27)20(17-6-5-10-22-13-17)14-24-21(25)19-7-3-4-11-23-19/h3-13,20H,14H2,1-2H3,(H,24,25)/t20-/m0/s1. The van der Waals surface area contributed by atoms with Crippen molar-refractivity contribution in [2.75, 3.05) is 6.54 Å². The van der Waals surface area contributed by atoms with Crippen LogP contribution in [0.15, 0.2) is 72.0 Å². The van der Waals surface area contributed by atoms with E-state index in [9.17, 15) is 13.2 Å². The van der Waals surface area contributed by atoms with E-state index in [2.05, 4.69) is 15.3 Å². The second-order valence-electron chi connectivity index (χ2n) is 6.49. The van der Waals surface area contributed by atoms with Gasteiger partial charge in [-0.15, -0.1) is 0 Å². The number of benzene rings is 1. The Balaban J connectivity index is 1.93. The van der Waals surface area contributed by atoms with Gasteiger partial charge in [0.2, 0.25) is 0 Å². The van der Waals surface area contributed by atoms with Gasteiger partial charge in [-0.3, -0.25) is 14.8 Å². The van der Waals surface area contributed by atoms with Crippen molar-refractivity contribution in [3.8, 4) is 0 Å². The van der Waals surface area contributed by atoms with Crippen molar-refractivity contribution in [2.45, 2.75) is 24.0 Å². The molecule has 28 heavy (non-hydrogen) atoms. The minimum atomic E-state index is -3.75. The number of pyridine rings is 2. The van der Waals surface area contributed by atoms with Crippen molar-refractivity contribution in [3.05, 3.63) is 89.5 Å². The number of carbonyl (C=O) groups is 1. The molecule has 1 aromatic carbocycles. The molecule has 0 aliphatic heterocycles.